The molecular weight excluding hydrogens is 372 g/mol. The molecule has 1 aliphatic carbocycles. The molecule has 2 N–H and O–H groups in total. The van der Waals surface area contributed by atoms with Crippen molar-refractivity contribution in [2.24, 2.45) is 10.9 Å². The average molecular weight is 394 g/mol. The third-order valence-electron chi connectivity index (χ3n) is 2.89. The second kappa shape index (κ2) is 8.13. The molecule has 0 bridgehead atoms. The first-order valence-electron chi connectivity index (χ1n) is 6.04. The molecule has 0 aromatic carbocycles. The third kappa shape index (κ3) is 8.51. The first-order chi connectivity index (χ1) is 8.31. The number of nitrogens with one attached hydrogen (secondary N) is 2. The summed E-state index contributed by atoms with van der Waals surface area (Å²) in [5.41, 5.74) is 0. The molecule has 0 amide bonds. The molecule has 0 spiro atoms. The Morgan fingerprint density at radius 2 is 2.00 bits per heavy atom. The number of aliphatic imine (C=N–C) groups is 1. The van der Waals surface area contributed by atoms with Crippen molar-refractivity contribution in [3.8, 4) is 0 Å². The van der Waals surface area contributed by atoms with Crippen LogP contribution in [0.1, 0.15) is 13.3 Å². The van der Waals surface area contributed by atoms with Gasteiger partial charge in [-0.1, -0.05) is 6.92 Å². The molecule has 8 heteroatoms. The maximum atomic E-state index is 12.1. The van der Waals surface area contributed by atoms with Crippen LogP contribution < -0.4 is 10.6 Å². The van der Waals surface area contributed by atoms with Crippen LogP contribution in [0, 0.1) is 5.92 Å². The van der Waals surface area contributed by atoms with E-state index in [1.165, 1.54) is 11.9 Å². The van der Waals surface area contributed by atoms with E-state index in [0.717, 1.165) is 6.42 Å². The van der Waals surface area contributed by atoms with Crippen LogP contribution in [0.3, 0.4) is 0 Å². The Kier molecular flexibility index (Phi) is 8.02. The normalized spacial score (nSPS) is 23.0. The minimum absolute atomic E-state index is 0. The average Bonchev–Trinajstić information content (AvgIpc) is 2.90. The monoisotopic (exact) mass is 394 g/mol. The van der Waals surface area contributed by atoms with Gasteiger partial charge in [-0.05, 0) is 19.4 Å². The number of alkyl halides is 3. The Bertz CT molecular complexity index is 296. The summed E-state index contributed by atoms with van der Waals surface area (Å²) < 4.78 is 36.2. The van der Waals surface area contributed by atoms with E-state index in [4.69, 9.17) is 0 Å². The van der Waals surface area contributed by atoms with Gasteiger partial charge in [-0.15, -0.1) is 24.0 Å². The Morgan fingerprint density at radius 3 is 2.42 bits per heavy atom. The van der Waals surface area contributed by atoms with Crippen LogP contribution in [0.15, 0.2) is 4.99 Å². The Labute approximate surface area is 129 Å². The van der Waals surface area contributed by atoms with Crippen LogP contribution in [0.2, 0.25) is 0 Å². The van der Waals surface area contributed by atoms with Crippen molar-refractivity contribution >= 4 is 29.9 Å². The van der Waals surface area contributed by atoms with Gasteiger partial charge in [0.05, 0.1) is 6.54 Å². The molecule has 1 fully saturated rings. The zero-order valence-electron chi connectivity index (χ0n) is 11.4. The minimum Gasteiger partial charge on any atom is -0.355 e. The summed E-state index contributed by atoms with van der Waals surface area (Å²) in [7, 11) is 3.11. The molecule has 4 nitrogen and oxygen atoms in total. The van der Waals surface area contributed by atoms with Gasteiger partial charge in [-0.3, -0.25) is 9.89 Å². The molecule has 19 heavy (non-hydrogen) atoms. The van der Waals surface area contributed by atoms with E-state index < -0.39 is 12.7 Å². The largest absolute Gasteiger partial charge is 0.401 e. The lowest BCUT2D eigenvalue weighted by Crippen LogP contribution is -2.43. The van der Waals surface area contributed by atoms with Crippen LogP contribution in [0.25, 0.3) is 0 Å². The van der Waals surface area contributed by atoms with Crippen LogP contribution in [0.5, 0.6) is 0 Å². The van der Waals surface area contributed by atoms with Gasteiger partial charge in [0.15, 0.2) is 5.96 Å². The molecule has 0 aromatic rings. The lowest BCUT2D eigenvalue weighted by atomic mass is 10.4. The summed E-state index contributed by atoms with van der Waals surface area (Å²) in [5.74, 6) is 1.31. The minimum atomic E-state index is -4.14. The van der Waals surface area contributed by atoms with Gasteiger partial charge in [-0.25, -0.2) is 0 Å². The molecule has 0 aromatic heterocycles. The van der Waals surface area contributed by atoms with Crippen LogP contribution in [0.4, 0.5) is 13.2 Å². The highest BCUT2D eigenvalue weighted by molar-refractivity contribution is 14.0. The lowest BCUT2D eigenvalue weighted by molar-refractivity contribution is -0.142. The number of guanidine groups is 1. The molecule has 1 rings (SSSR count). The summed E-state index contributed by atoms with van der Waals surface area (Å²) in [4.78, 5) is 5.26. The zero-order chi connectivity index (χ0) is 13.8. The van der Waals surface area contributed by atoms with Gasteiger partial charge < -0.3 is 10.6 Å². The maximum Gasteiger partial charge on any atom is 0.401 e. The quantitative estimate of drug-likeness (QED) is 0.424. The predicted octanol–water partition coefficient (Wildman–Crippen LogP) is 1.67. The summed E-state index contributed by atoms with van der Waals surface area (Å²) in [6.45, 7) is 2.01. The van der Waals surface area contributed by atoms with E-state index in [-0.39, 0.29) is 24.0 Å². The van der Waals surface area contributed by atoms with Gasteiger partial charge in [0.2, 0.25) is 0 Å². The number of nitrogens with zero attached hydrogens (tertiary/aromatic N) is 2. The zero-order valence-corrected chi connectivity index (χ0v) is 13.8. The van der Waals surface area contributed by atoms with E-state index in [1.54, 1.807) is 7.05 Å². The number of hydrogen-bond donors (Lipinski definition) is 2. The van der Waals surface area contributed by atoms with Crippen LogP contribution in [-0.2, 0) is 0 Å². The highest BCUT2D eigenvalue weighted by atomic mass is 127. The first kappa shape index (κ1) is 18.8. The fourth-order valence-corrected chi connectivity index (χ4v) is 1.64. The van der Waals surface area contributed by atoms with E-state index in [0.29, 0.717) is 31.0 Å². The first-order valence-corrected chi connectivity index (χ1v) is 6.04. The van der Waals surface area contributed by atoms with Gasteiger partial charge in [0.25, 0.3) is 0 Å². The van der Waals surface area contributed by atoms with E-state index in [2.05, 4.69) is 22.5 Å². The predicted molar refractivity (Wildman–Crippen MR) is 81.0 cm³/mol. The van der Waals surface area contributed by atoms with E-state index in [9.17, 15) is 13.2 Å². The third-order valence-corrected chi connectivity index (χ3v) is 2.89. The van der Waals surface area contributed by atoms with Gasteiger partial charge in [0.1, 0.15) is 0 Å². The molecule has 1 saturated carbocycles. The summed E-state index contributed by atoms with van der Waals surface area (Å²) >= 11 is 0. The van der Waals surface area contributed by atoms with E-state index in [1.807, 2.05) is 0 Å². The lowest BCUT2D eigenvalue weighted by Gasteiger charge is -2.19. The Hall–Kier alpha value is -0.250. The maximum absolute atomic E-state index is 12.1. The topological polar surface area (TPSA) is 39.7 Å². The number of hydrogen-bond acceptors (Lipinski definition) is 2. The molecule has 114 valence electrons. The Balaban J connectivity index is 0.00000324. The molecule has 0 aliphatic heterocycles. The van der Waals surface area contributed by atoms with Gasteiger partial charge in [-0.2, -0.15) is 13.2 Å². The standard InChI is InChI=1S/C11H21F3N4.HI/c1-8-6-9(8)17-10(15-2)16-4-5-18(3)7-11(12,13)14;/h8-9H,4-7H2,1-3H3,(H2,15,16,17);1H. The summed E-state index contributed by atoms with van der Waals surface area (Å²) in [6, 6.07) is 0.448. The molecule has 2 atom stereocenters. The van der Waals surface area contributed by atoms with E-state index >= 15 is 0 Å². The summed E-state index contributed by atoms with van der Waals surface area (Å²) in [5, 5.41) is 6.22. The van der Waals surface area contributed by atoms with Crippen LogP contribution in [-0.4, -0.2) is 56.8 Å². The molecule has 0 radical (unpaired) electrons. The summed E-state index contributed by atoms with van der Waals surface area (Å²) in [6.07, 6.45) is -3.02. The van der Waals surface area contributed by atoms with Gasteiger partial charge in [0, 0.05) is 26.2 Å². The smallest absolute Gasteiger partial charge is 0.355 e. The molecule has 0 saturated heterocycles. The SMILES string of the molecule is CN=C(NCCN(C)CC(F)(F)F)NC1CC1C.I. The second-order valence-corrected chi connectivity index (χ2v) is 4.82. The van der Waals surface area contributed by atoms with Crippen molar-refractivity contribution in [2.45, 2.75) is 25.6 Å². The molecule has 1 aliphatic rings. The van der Waals surface area contributed by atoms with Crippen molar-refractivity contribution in [2.75, 3.05) is 33.7 Å². The van der Waals surface area contributed by atoms with Crippen molar-refractivity contribution in [3.63, 3.8) is 0 Å². The highest BCUT2D eigenvalue weighted by Gasteiger charge is 2.33. The van der Waals surface area contributed by atoms with Gasteiger partial charge >= 0.3 is 6.18 Å². The second-order valence-electron chi connectivity index (χ2n) is 4.82. The fourth-order valence-electron chi connectivity index (χ4n) is 1.64. The fraction of sp³-hybridized carbons (Fsp3) is 0.909. The number of rotatable bonds is 5. The van der Waals surface area contributed by atoms with Crippen molar-refractivity contribution in [3.05, 3.63) is 0 Å². The van der Waals surface area contributed by atoms with Crippen molar-refractivity contribution in [1.29, 1.82) is 0 Å². The number of likely N-dealkylation sites (N-methyl/N-ethyl adjacent to an activating group) is 1. The molecular formula is C11H22F3IN4. The molecule has 0 heterocycles. The Morgan fingerprint density at radius 1 is 1.42 bits per heavy atom. The van der Waals surface area contributed by atoms with Crippen LogP contribution >= 0.6 is 24.0 Å². The highest BCUT2D eigenvalue weighted by Crippen LogP contribution is 2.28. The molecule has 2 unspecified atom stereocenters. The number of halogens is 4. The van der Waals surface area contributed by atoms with Crippen molar-refractivity contribution < 1.29 is 13.2 Å². The van der Waals surface area contributed by atoms with Crippen molar-refractivity contribution in [1.82, 2.24) is 15.5 Å².